The van der Waals surface area contributed by atoms with Gasteiger partial charge in [-0.15, -0.1) is 0 Å². The largest absolute Gasteiger partial charge is 0.383 e. The van der Waals surface area contributed by atoms with Crippen molar-refractivity contribution < 1.29 is 4.10 Å². The summed E-state index contributed by atoms with van der Waals surface area (Å²) >= 11 is 1.35. The summed E-state index contributed by atoms with van der Waals surface area (Å²) in [7, 11) is 1.64. The molecule has 0 aromatic rings. The van der Waals surface area contributed by atoms with E-state index in [-0.39, 0.29) is 0 Å². The monoisotopic (exact) mass is 89.0 g/mol. The van der Waals surface area contributed by atoms with Crippen molar-refractivity contribution in [1.82, 2.24) is 0 Å². The van der Waals surface area contributed by atoms with Gasteiger partial charge in [-0.1, -0.05) is 6.82 Å². The first-order chi connectivity index (χ1) is 2.41. The van der Waals surface area contributed by atoms with Crippen molar-refractivity contribution >= 4 is 19.5 Å². The van der Waals surface area contributed by atoms with Crippen molar-refractivity contribution in [1.29, 1.82) is 0 Å². The zero-order valence-electron chi connectivity index (χ0n) is 3.39. The van der Waals surface area contributed by atoms with Crippen LogP contribution < -0.4 is 0 Å². The molecule has 0 aliphatic heterocycles. The van der Waals surface area contributed by atoms with E-state index in [2.05, 4.69) is 4.10 Å². The van der Waals surface area contributed by atoms with Crippen molar-refractivity contribution in [2.24, 2.45) is 0 Å². The van der Waals surface area contributed by atoms with Crippen LogP contribution in [0.1, 0.15) is 0 Å². The smallest absolute Gasteiger partial charge is 0.310 e. The van der Waals surface area contributed by atoms with Crippen LogP contribution in [-0.2, 0) is 4.10 Å². The summed E-state index contributed by atoms with van der Waals surface area (Å²) in [5.41, 5.74) is 0. The zero-order valence-corrected chi connectivity index (χ0v) is 4.21. The van der Waals surface area contributed by atoms with Crippen molar-refractivity contribution in [3.8, 4) is 0 Å². The van der Waals surface area contributed by atoms with E-state index >= 15 is 0 Å². The van der Waals surface area contributed by atoms with Crippen LogP contribution >= 0.6 is 12.0 Å². The molecule has 0 rings (SSSR count). The maximum atomic E-state index is 4.62. The molecular weight excluding hydrogens is 82.9 g/mol. The fourth-order valence-corrected chi connectivity index (χ4v) is 0.289. The fraction of sp³-hybridized carbons (Fsp3) is 1.00. The molecule has 1 nitrogen and oxygen atoms in total. The van der Waals surface area contributed by atoms with E-state index in [9.17, 15) is 0 Å². The van der Waals surface area contributed by atoms with Gasteiger partial charge in [-0.05, 0) is 12.0 Å². The third kappa shape index (κ3) is 4.37. The van der Waals surface area contributed by atoms with Crippen LogP contribution in [0.3, 0.4) is 0 Å². The lowest BCUT2D eigenvalue weighted by Gasteiger charge is -1.82. The van der Waals surface area contributed by atoms with Gasteiger partial charge in [0, 0.05) is 6.26 Å². The predicted octanol–water partition coefficient (Wildman–Crippen LogP) is 0.948. The first-order valence-corrected chi connectivity index (χ1v) is 2.54. The van der Waals surface area contributed by atoms with Crippen LogP contribution in [0.25, 0.3) is 0 Å². The molecule has 0 aliphatic carbocycles. The maximum absolute atomic E-state index is 4.62. The molecular formula is C2H6BOS. The molecule has 1 radical (unpaired) electrons. The normalized spacial score (nSPS) is 7.60. The molecule has 0 atom stereocenters. The Bertz CT molecular complexity index is 17.1. The van der Waals surface area contributed by atoms with Crippen LogP contribution in [0, 0.1) is 0 Å². The summed E-state index contributed by atoms with van der Waals surface area (Å²) in [5.74, 6) is 0. The molecule has 0 bridgehead atoms. The molecule has 0 saturated heterocycles. The van der Waals surface area contributed by atoms with Crippen LogP contribution in [0.15, 0.2) is 0 Å². The molecule has 0 amide bonds. The van der Waals surface area contributed by atoms with E-state index in [4.69, 9.17) is 0 Å². The highest BCUT2D eigenvalue weighted by atomic mass is 32.2. The van der Waals surface area contributed by atoms with Crippen molar-refractivity contribution in [3.05, 3.63) is 0 Å². The highest BCUT2D eigenvalue weighted by Gasteiger charge is 1.70. The lowest BCUT2D eigenvalue weighted by molar-refractivity contribution is 0.709. The van der Waals surface area contributed by atoms with Crippen LogP contribution in [0.4, 0.5) is 0 Å². The molecule has 0 heterocycles. The topological polar surface area (TPSA) is 9.23 Å². The minimum atomic E-state index is 1.35. The average Bonchev–Trinajstić information content (AvgIpc) is 1.41. The third-order valence-corrected chi connectivity index (χ3v) is 0.577. The quantitative estimate of drug-likeness (QED) is 0.368. The summed E-state index contributed by atoms with van der Waals surface area (Å²) < 4.78 is 4.62. The fourth-order valence-electron chi connectivity index (χ4n) is 0.0962. The van der Waals surface area contributed by atoms with Gasteiger partial charge < -0.3 is 4.10 Å². The second kappa shape index (κ2) is 4.37. The Morgan fingerprint density at radius 3 is 2.40 bits per heavy atom. The van der Waals surface area contributed by atoms with Crippen LogP contribution in [0.2, 0.25) is 6.82 Å². The van der Waals surface area contributed by atoms with Gasteiger partial charge in [0.05, 0.1) is 0 Å². The Morgan fingerprint density at radius 2 is 2.40 bits per heavy atom. The van der Waals surface area contributed by atoms with E-state index in [1.54, 1.807) is 7.48 Å². The molecule has 0 unspecified atom stereocenters. The van der Waals surface area contributed by atoms with E-state index in [1.165, 1.54) is 12.0 Å². The standard InChI is InChI=1S/C2H6BOS/c1-3-4-5-2/h1-2H3. The van der Waals surface area contributed by atoms with Gasteiger partial charge in [0.25, 0.3) is 0 Å². The number of rotatable bonds is 2. The van der Waals surface area contributed by atoms with E-state index < -0.39 is 0 Å². The molecule has 5 heavy (non-hydrogen) atoms. The lowest BCUT2D eigenvalue weighted by atomic mass is 10.1. The summed E-state index contributed by atoms with van der Waals surface area (Å²) in [5, 5.41) is 0. The average molecular weight is 88.9 g/mol. The van der Waals surface area contributed by atoms with Crippen molar-refractivity contribution in [2.75, 3.05) is 6.26 Å². The Balaban J connectivity index is 2.19. The van der Waals surface area contributed by atoms with Gasteiger partial charge in [-0.25, -0.2) is 0 Å². The van der Waals surface area contributed by atoms with Gasteiger partial charge in [0.1, 0.15) is 0 Å². The SMILES string of the molecule is C[B]OSC. The first-order valence-electron chi connectivity index (χ1n) is 1.39. The van der Waals surface area contributed by atoms with Gasteiger partial charge in [0.2, 0.25) is 0 Å². The lowest BCUT2D eigenvalue weighted by Crippen LogP contribution is -1.77. The number of hydrogen-bond donors (Lipinski definition) is 0. The maximum Gasteiger partial charge on any atom is 0.310 e. The zero-order chi connectivity index (χ0) is 4.12. The van der Waals surface area contributed by atoms with Crippen molar-refractivity contribution in [3.63, 3.8) is 0 Å². The minimum absolute atomic E-state index is 1.35. The van der Waals surface area contributed by atoms with E-state index in [1.807, 2.05) is 13.1 Å². The molecule has 0 spiro atoms. The molecule has 0 fully saturated rings. The van der Waals surface area contributed by atoms with Gasteiger partial charge >= 0.3 is 7.48 Å². The molecule has 29 valence electrons. The van der Waals surface area contributed by atoms with Gasteiger partial charge in [-0.2, -0.15) is 0 Å². The van der Waals surface area contributed by atoms with Crippen molar-refractivity contribution in [2.45, 2.75) is 6.82 Å². The Labute approximate surface area is 37.6 Å². The Hall–Kier alpha value is 0.375. The van der Waals surface area contributed by atoms with E-state index in [0.29, 0.717) is 0 Å². The third-order valence-electron chi connectivity index (χ3n) is 0.192. The van der Waals surface area contributed by atoms with Gasteiger partial charge in [-0.3, -0.25) is 0 Å². The minimum Gasteiger partial charge on any atom is -0.383 e. The van der Waals surface area contributed by atoms with E-state index in [0.717, 1.165) is 0 Å². The molecule has 0 saturated carbocycles. The summed E-state index contributed by atoms with van der Waals surface area (Å²) in [6, 6.07) is 0. The molecule has 0 aromatic heterocycles. The Kier molecular flexibility index (Phi) is 4.70. The van der Waals surface area contributed by atoms with Gasteiger partial charge in [0.15, 0.2) is 0 Å². The summed E-state index contributed by atoms with van der Waals surface area (Å²) in [6.45, 7) is 1.84. The first kappa shape index (κ1) is 5.37. The number of hydrogen-bond acceptors (Lipinski definition) is 2. The molecule has 3 heteroatoms. The molecule has 0 N–H and O–H groups in total. The summed E-state index contributed by atoms with van der Waals surface area (Å²) in [6.07, 6.45) is 1.88. The van der Waals surface area contributed by atoms with Crippen LogP contribution in [-0.4, -0.2) is 13.7 Å². The second-order valence-electron chi connectivity index (χ2n) is 0.499. The second-order valence-corrected chi connectivity index (χ2v) is 1.02. The summed E-state index contributed by atoms with van der Waals surface area (Å²) in [4.78, 5) is 0. The predicted molar refractivity (Wildman–Crippen MR) is 26.2 cm³/mol. The molecule has 0 aliphatic rings. The highest BCUT2D eigenvalue weighted by molar-refractivity contribution is 7.94. The highest BCUT2D eigenvalue weighted by Crippen LogP contribution is 1.88. The molecule has 0 aromatic carbocycles. The van der Waals surface area contributed by atoms with Crippen LogP contribution in [0.5, 0.6) is 0 Å². The Morgan fingerprint density at radius 1 is 1.80 bits per heavy atom.